The predicted molar refractivity (Wildman–Crippen MR) is 120 cm³/mol. The smallest absolute Gasteiger partial charge is 0.246 e. The molecule has 31 heavy (non-hydrogen) atoms. The Morgan fingerprint density at radius 2 is 2.00 bits per heavy atom. The second kappa shape index (κ2) is 9.30. The van der Waals surface area contributed by atoms with Gasteiger partial charge in [0.25, 0.3) is 0 Å². The molecule has 1 N–H and O–H groups in total. The lowest BCUT2D eigenvalue weighted by molar-refractivity contribution is 0.329. The topological polar surface area (TPSA) is 84.7 Å². The second-order valence-corrected chi connectivity index (χ2v) is 9.53. The van der Waals surface area contributed by atoms with E-state index >= 15 is 0 Å². The number of sulfonamides is 1. The maximum absolute atomic E-state index is 13.1. The van der Waals surface area contributed by atoms with Crippen molar-refractivity contribution in [2.24, 2.45) is 0 Å². The summed E-state index contributed by atoms with van der Waals surface area (Å²) in [5, 5.41) is 3.81. The van der Waals surface area contributed by atoms with Gasteiger partial charge in [-0.05, 0) is 50.1 Å². The van der Waals surface area contributed by atoms with Crippen LogP contribution in [0.4, 0.5) is 5.69 Å². The molecule has 0 amide bonds. The van der Waals surface area contributed by atoms with Crippen molar-refractivity contribution in [1.29, 1.82) is 0 Å². The molecule has 1 aromatic heterocycles. The number of rotatable bonds is 8. The van der Waals surface area contributed by atoms with Crippen LogP contribution in [0.15, 0.2) is 58.0 Å². The number of hydrogen-bond donors (Lipinski definition) is 1. The summed E-state index contributed by atoms with van der Waals surface area (Å²) in [6, 6.07) is 12.4. The maximum Gasteiger partial charge on any atom is 0.246 e. The zero-order chi connectivity index (χ0) is 21.8. The SMILES string of the molecule is CCOc1ccc(NCc2ncc(-c3cccc(Cl)c3)o2)cc1S(=O)(=O)N1CCCC1. The fraction of sp³-hybridized carbons (Fsp3) is 0.318. The summed E-state index contributed by atoms with van der Waals surface area (Å²) in [4.78, 5) is 4.47. The van der Waals surface area contributed by atoms with E-state index in [2.05, 4.69) is 10.3 Å². The van der Waals surface area contributed by atoms with Gasteiger partial charge in [0.2, 0.25) is 15.9 Å². The van der Waals surface area contributed by atoms with Gasteiger partial charge in [-0.3, -0.25) is 0 Å². The van der Waals surface area contributed by atoms with E-state index in [0.717, 1.165) is 18.4 Å². The van der Waals surface area contributed by atoms with Gasteiger partial charge >= 0.3 is 0 Å². The molecule has 0 atom stereocenters. The summed E-state index contributed by atoms with van der Waals surface area (Å²) in [7, 11) is -3.62. The van der Waals surface area contributed by atoms with Gasteiger partial charge in [-0.25, -0.2) is 13.4 Å². The molecule has 2 aromatic carbocycles. The number of benzene rings is 2. The molecular weight excluding hydrogens is 438 g/mol. The molecule has 164 valence electrons. The Kier molecular flexibility index (Phi) is 6.50. The first kappa shape index (κ1) is 21.7. The molecule has 1 saturated heterocycles. The van der Waals surface area contributed by atoms with Gasteiger partial charge in [-0.1, -0.05) is 23.7 Å². The fourth-order valence-electron chi connectivity index (χ4n) is 3.51. The zero-order valence-electron chi connectivity index (χ0n) is 17.2. The quantitative estimate of drug-likeness (QED) is 0.519. The summed E-state index contributed by atoms with van der Waals surface area (Å²) in [5.41, 5.74) is 1.48. The van der Waals surface area contributed by atoms with Crippen molar-refractivity contribution >= 4 is 27.3 Å². The van der Waals surface area contributed by atoms with Crippen LogP contribution in [0.5, 0.6) is 5.75 Å². The third-order valence-corrected chi connectivity index (χ3v) is 7.19. The number of anilines is 1. The minimum atomic E-state index is -3.62. The van der Waals surface area contributed by atoms with Gasteiger partial charge in [0.15, 0.2) is 5.76 Å². The molecule has 1 fully saturated rings. The molecule has 1 aliphatic rings. The summed E-state index contributed by atoms with van der Waals surface area (Å²) < 4.78 is 39.1. The Hall–Kier alpha value is -2.55. The Balaban J connectivity index is 1.53. The monoisotopic (exact) mass is 461 g/mol. The van der Waals surface area contributed by atoms with Crippen LogP contribution < -0.4 is 10.1 Å². The van der Waals surface area contributed by atoms with E-state index < -0.39 is 10.0 Å². The first-order valence-corrected chi connectivity index (χ1v) is 12.0. The van der Waals surface area contributed by atoms with E-state index in [4.69, 9.17) is 20.8 Å². The van der Waals surface area contributed by atoms with Gasteiger partial charge in [0.1, 0.15) is 10.6 Å². The fourth-order valence-corrected chi connectivity index (χ4v) is 5.37. The van der Waals surface area contributed by atoms with Crippen molar-refractivity contribution in [2.45, 2.75) is 31.2 Å². The Labute approximate surface area is 187 Å². The minimum Gasteiger partial charge on any atom is -0.492 e. The summed E-state index contributed by atoms with van der Waals surface area (Å²) in [5.74, 6) is 1.45. The van der Waals surface area contributed by atoms with E-state index in [9.17, 15) is 8.42 Å². The molecular formula is C22H24ClN3O4S. The molecule has 0 spiro atoms. The number of hydrogen-bond acceptors (Lipinski definition) is 6. The van der Waals surface area contributed by atoms with Crippen LogP contribution in [0.3, 0.4) is 0 Å². The summed E-state index contributed by atoms with van der Waals surface area (Å²) >= 11 is 6.04. The highest BCUT2D eigenvalue weighted by Gasteiger charge is 2.30. The van der Waals surface area contributed by atoms with E-state index in [0.29, 0.717) is 54.4 Å². The van der Waals surface area contributed by atoms with E-state index in [1.807, 2.05) is 19.1 Å². The van der Waals surface area contributed by atoms with Gasteiger partial charge in [-0.2, -0.15) is 4.31 Å². The highest BCUT2D eigenvalue weighted by atomic mass is 35.5. The van der Waals surface area contributed by atoms with Crippen LogP contribution in [0.25, 0.3) is 11.3 Å². The molecule has 9 heteroatoms. The zero-order valence-corrected chi connectivity index (χ0v) is 18.7. The first-order valence-electron chi connectivity index (χ1n) is 10.2. The number of oxazole rings is 1. The molecule has 0 bridgehead atoms. The minimum absolute atomic E-state index is 0.174. The molecule has 3 aromatic rings. The third-order valence-electron chi connectivity index (χ3n) is 5.03. The highest BCUT2D eigenvalue weighted by molar-refractivity contribution is 7.89. The number of aromatic nitrogens is 1. The highest BCUT2D eigenvalue weighted by Crippen LogP contribution is 2.32. The second-order valence-electron chi connectivity index (χ2n) is 7.19. The normalized spacial score (nSPS) is 14.6. The molecule has 4 rings (SSSR count). The van der Waals surface area contributed by atoms with E-state index in [1.165, 1.54) is 4.31 Å². The van der Waals surface area contributed by atoms with Crippen LogP contribution in [-0.2, 0) is 16.6 Å². The maximum atomic E-state index is 13.1. The van der Waals surface area contributed by atoms with Crippen molar-refractivity contribution < 1.29 is 17.6 Å². The first-order chi connectivity index (χ1) is 15.0. The van der Waals surface area contributed by atoms with E-state index in [1.54, 1.807) is 36.5 Å². The number of ether oxygens (including phenoxy) is 1. The summed E-state index contributed by atoms with van der Waals surface area (Å²) in [6.07, 6.45) is 3.39. The lowest BCUT2D eigenvalue weighted by atomic mass is 10.2. The summed E-state index contributed by atoms with van der Waals surface area (Å²) in [6.45, 7) is 3.59. The number of nitrogens with one attached hydrogen (secondary N) is 1. The standard InChI is InChI=1S/C22H24ClN3O4S/c1-2-29-19-9-8-18(13-21(19)31(27,28)26-10-3-4-11-26)24-15-22-25-14-20(30-22)16-6-5-7-17(23)12-16/h5-9,12-14,24H,2-4,10-11,15H2,1H3. The number of nitrogens with zero attached hydrogens (tertiary/aromatic N) is 2. The van der Waals surface area contributed by atoms with Crippen LogP contribution in [-0.4, -0.2) is 37.4 Å². The van der Waals surface area contributed by atoms with Crippen LogP contribution in [0, 0.1) is 0 Å². The van der Waals surface area contributed by atoms with Crippen LogP contribution in [0.2, 0.25) is 5.02 Å². The molecule has 0 unspecified atom stereocenters. The Morgan fingerprint density at radius 1 is 1.19 bits per heavy atom. The third kappa shape index (κ3) is 4.87. The van der Waals surface area contributed by atoms with Crippen molar-refractivity contribution in [3.8, 4) is 17.1 Å². The average molecular weight is 462 g/mol. The Bertz CT molecular complexity index is 1160. The van der Waals surface area contributed by atoms with Gasteiger partial charge in [0, 0.05) is 29.4 Å². The van der Waals surface area contributed by atoms with Crippen molar-refractivity contribution in [1.82, 2.24) is 9.29 Å². The van der Waals surface area contributed by atoms with Crippen molar-refractivity contribution in [2.75, 3.05) is 25.0 Å². The van der Waals surface area contributed by atoms with Gasteiger partial charge < -0.3 is 14.5 Å². The average Bonchev–Trinajstić information content (AvgIpc) is 3.46. The van der Waals surface area contributed by atoms with Crippen molar-refractivity contribution in [3.05, 3.63) is 59.6 Å². The van der Waals surface area contributed by atoms with Crippen LogP contribution in [0.1, 0.15) is 25.7 Å². The largest absolute Gasteiger partial charge is 0.492 e. The molecule has 0 radical (unpaired) electrons. The number of halogens is 1. The predicted octanol–water partition coefficient (Wildman–Crippen LogP) is 4.79. The van der Waals surface area contributed by atoms with Crippen molar-refractivity contribution in [3.63, 3.8) is 0 Å². The van der Waals surface area contributed by atoms with Crippen LogP contribution >= 0.6 is 11.6 Å². The lowest BCUT2D eigenvalue weighted by Crippen LogP contribution is -2.28. The van der Waals surface area contributed by atoms with E-state index in [-0.39, 0.29) is 4.90 Å². The molecule has 7 nitrogen and oxygen atoms in total. The lowest BCUT2D eigenvalue weighted by Gasteiger charge is -2.19. The molecule has 2 heterocycles. The molecule has 0 aliphatic carbocycles. The van der Waals surface area contributed by atoms with Gasteiger partial charge in [0.05, 0.1) is 19.3 Å². The molecule has 1 aliphatic heterocycles. The molecule has 0 saturated carbocycles. The van der Waals surface area contributed by atoms with Gasteiger partial charge in [-0.15, -0.1) is 0 Å². The Morgan fingerprint density at radius 3 is 2.74 bits per heavy atom.